The third-order valence-corrected chi connectivity index (χ3v) is 3.99. The largest absolute Gasteiger partial charge is 0.492 e. The summed E-state index contributed by atoms with van der Waals surface area (Å²) in [4.78, 5) is 16.5. The number of pyridine rings is 1. The van der Waals surface area contributed by atoms with E-state index in [1.807, 2.05) is 19.1 Å². The van der Waals surface area contributed by atoms with E-state index in [0.717, 1.165) is 5.56 Å². The Morgan fingerprint density at radius 2 is 2.24 bits per heavy atom. The van der Waals surface area contributed by atoms with Crippen LogP contribution in [0, 0.1) is 0 Å². The molecule has 4 rings (SSSR count). The Labute approximate surface area is 143 Å². The highest BCUT2D eigenvalue weighted by atomic mass is 16.5. The van der Waals surface area contributed by atoms with Crippen LogP contribution in [0.25, 0.3) is 5.82 Å². The summed E-state index contributed by atoms with van der Waals surface area (Å²) in [5.41, 5.74) is 2.28. The highest BCUT2D eigenvalue weighted by Gasteiger charge is 2.32. The van der Waals surface area contributed by atoms with E-state index in [2.05, 4.69) is 20.6 Å². The maximum absolute atomic E-state index is 12.4. The molecule has 1 aliphatic rings. The van der Waals surface area contributed by atoms with Crippen molar-refractivity contribution in [1.82, 2.24) is 20.0 Å². The molecule has 1 aliphatic heterocycles. The van der Waals surface area contributed by atoms with Crippen LogP contribution >= 0.6 is 0 Å². The standard InChI is InChI=1S/C16H14BN5O3/c1-10-12-6-5-11(8-13(12)17(24)25-10)19-16(23)14-9-22(21-20-14)15-4-2-3-7-18-15/h2-10,24H,1H3,(H,19,23). The molecule has 0 radical (unpaired) electrons. The number of nitrogens with zero attached hydrogens (tertiary/aromatic N) is 4. The van der Waals surface area contributed by atoms with Gasteiger partial charge >= 0.3 is 7.12 Å². The van der Waals surface area contributed by atoms with Crippen LogP contribution < -0.4 is 10.8 Å². The number of hydrogen-bond donors (Lipinski definition) is 2. The molecule has 1 unspecified atom stereocenters. The maximum atomic E-state index is 12.4. The van der Waals surface area contributed by atoms with Crippen molar-refractivity contribution >= 4 is 24.2 Å². The Morgan fingerprint density at radius 1 is 1.36 bits per heavy atom. The molecule has 3 heterocycles. The van der Waals surface area contributed by atoms with Gasteiger partial charge in [-0.15, -0.1) is 5.10 Å². The summed E-state index contributed by atoms with van der Waals surface area (Å²) < 4.78 is 6.77. The number of benzene rings is 1. The van der Waals surface area contributed by atoms with Gasteiger partial charge in [0.05, 0.1) is 12.3 Å². The zero-order chi connectivity index (χ0) is 17.4. The summed E-state index contributed by atoms with van der Waals surface area (Å²) in [6.07, 6.45) is 2.97. The minimum Gasteiger partial charge on any atom is -0.423 e. The summed E-state index contributed by atoms with van der Waals surface area (Å²) >= 11 is 0. The number of carbonyl (C=O) groups excluding carboxylic acids is 1. The summed E-state index contributed by atoms with van der Waals surface area (Å²) in [6.45, 7) is 1.86. The van der Waals surface area contributed by atoms with Crippen molar-refractivity contribution in [2.75, 3.05) is 5.32 Å². The fourth-order valence-corrected chi connectivity index (χ4v) is 2.74. The molecule has 2 N–H and O–H groups in total. The van der Waals surface area contributed by atoms with E-state index in [9.17, 15) is 9.82 Å². The van der Waals surface area contributed by atoms with Gasteiger partial charge in [0.1, 0.15) is 0 Å². The predicted molar refractivity (Wildman–Crippen MR) is 90.7 cm³/mol. The van der Waals surface area contributed by atoms with Gasteiger partial charge in [-0.25, -0.2) is 9.67 Å². The fourth-order valence-electron chi connectivity index (χ4n) is 2.74. The van der Waals surface area contributed by atoms with Gasteiger partial charge in [0, 0.05) is 11.9 Å². The average Bonchev–Trinajstić information content (AvgIpc) is 3.22. The Balaban J connectivity index is 1.53. The number of rotatable bonds is 3. The third kappa shape index (κ3) is 2.90. The van der Waals surface area contributed by atoms with Crippen LogP contribution in [-0.4, -0.2) is 38.0 Å². The number of anilines is 1. The minimum absolute atomic E-state index is 0.163. The molecule has 0 aliphatic carbocycles. The molecule has 1 amide bonds. The molecular weight excluding hydrogens is 321 g/mol. The molecule has 8 nitrogen and oxygen atoms in total. The molecule has 124 valence electrons. The monoisotopic (exact) mass is 335 g/mol. The highest BCUT2D eigenvalue weighted by molar-refractivity contribution is 6.61. The second-order valence-electron chi connectivity index (χ2n) is 5.66. The average molecular weight is 335 g/mol. The Bertz CT molecular complexity index is 931. The number of hydrogen-bond acceptors (Lipinski definition) is 6. The Morgan fingerprint density at radius 3 is 3.04 bits per heavy atom. The number of aromatic nitrogens is 4. The lowest BCUT2D eigenvalue weighted by atomic mass is 9.79. The van der Waals surface area contributed by atoms with Crippen LogP contribution in [0.3, 0.4) is 0 Å². The lowest BCUT2D eigenvalue weighted by Crippen LogP contribution is -2.28. The number of amides is 1. The molecular formula is C16H14BN5O3. The van der Waals surface area contributed by atoms with Crippen LogP contribution in [-0.2, 0) is 4.65 Å². The summed E-state index contributed by atoms with van der Waals surface area (Å²) in [5.74, 6) is 0.171. The first-order valence-corrected chi connectivity index (χ1v) is 7.74. The molecule has 9 heteroatoms. The number of fused-ring (bicyclic) bond motifs is 1. The van der Waals surface area contributed by atoms with Crippen molar-refractivity contribution in [3.8, 4) is 5.82 Å². The number of carbonyl (C=O) groups is 1. The molecule has 0 bridgehead atoms. The van der Waals surface area contributed by atoms with Crippen LogP contribution in [0.2, 0.25) is 0 Å². The van der Waals surface area contributed by atoms with E-state index in [1.54, 1.807) is 30.5 Å². The molecule has 2 aromatic heterocycles. The minimum atomic E-state index is -0.980. The smallest absolute Gasteiger partial charge is 0.423 e. The SMILES string of the molecule is CC1OB(O)c2cc(NC(=O)c3cn(-c4ccccn4)nn3)ccc21. The lowest BCUT2D eigenvalue weighted by Gasteiger charge is -2.07. The van der Waals surface area contributed by atoms with E-state index >= 15 is 0 Å². The van der Waals surface area contributed by atoms with Crippen LogP contribution in [0.1, 0.15) is 29.1 Å². The summed E-state index contributed by atoms with van der Waals surface area (Å²) in [7, 11) is -0.980. The third-order valence-electron chi connectivity index (χ3n) is 3.99. The fraction of sp³-hybridized carbons (Fsp3) is 0.125. The van der Waals surface area contributed by atoms with Gasteiger partial charge in [0.15, 0.2) is 11.5 Å². The molecule has 1 atom stereocenters. The van der Waals surface area contributed by atoms with E-state index in [1.165, 1.54) is 10.9 Å². The zero-order valence-electron chi connectivity index (χ0n) is 13.3. The second kappa shape index (κ2) is 6.12. The first kappa shape index (κ1) is 15.5. The lowest BCUT2D eigenvalue weighted by molar-refractivity contribution is 0.102. The Kier molecular flexibility index (Phi) is 3.79. The topological polar surface area (TPSA) is 102 Å². The normalized spacial score (nSPS) is 15.9. The second-order valence-corrected chi connectivity index (χ2v) is 5.66. The number of nitrogens with one attached hydrogen (secondary N) is 1. The van der Waals surface area contributed by atoms with Crippen LogP contribution in [0.4, 0.5) is 5.69 Å². The van der Waals surface area contributed by atoms with Crippen molar-refractivity contribution in [3.63, 3.8) is 0 Å². The van der Waals surface area contributed by atoms with Crippen molar-refractivity contribution in [3.05, 3.63) is 60.0 Å². The van der Waals surface area contributed by atoms with Crippen molar-refractivity contribution in [1.29, 1.82) is 0 Å². The van der Waals surface area contributed by atoms with Gasteiger partial charge in [-0.2, -0.15) is 0 Å². The van der Waals surface area contributed by atoms with Crippen LogP contribution in [0.15, 0.2) is 48.8 Å². The summed E-state index contributed by atoms with van der Waals surface area (Å²) in [5, 5.41) is 20.4. The van der Waals surface area contributed by atoms with Gasteiger partial charge in [-0.1, -0.05) is 17.3 Å². The van der Waals surface area contributed by atoms with E-state index in [4.69, 9.17) is 4.65 Å². The molecule has 25 heavy (non-hydrogen) atoms. The zero-order valence-corrected chi connectivity index (χ0v) is 13.3. The first-order chi connectivity index (χ1) is 12.1. The van der Waals surface area contributed by atoms with Gasteiger partial charge < -0.3 is 15.0 Å². The van der Waals surface area contributed by atoms with E-state index in [-0.39, 0.29) is 11.8 Å². The van der Waals surface area contributed by atoms with Gasteiger partial charge in [0.25, 0.3) is 5.91 Å². The van der Waals surface area contributed by atoms with E-state index in [0.29, 0.717) is 17.0 Å². The van der Waals surface area contributed by atoms with Crippen molar-refractivity contribution < 1.29 is 14.5 Å². The van der Waals surface area contributed by atoms with Crippen molar-refractivity contribution in [2.45, 2.75) is 13.0 Å². The van der Waals surface area contributed by atoms with Crippen molar-refractivity contribution in [2.24, 2.45) is 0 Å². The molecule has 0 spiro atoms. The predicted octanol–water partition coefficient (Wildman–Crippen LogP) is 0.693. The maximum Gasteiger partial charge on any atom is 0.492 e. The van der Waals surface area contributed by atoms with E-state index < -0.39 is 13.0 Å². The molecule has 1 aromatic carbocycles. The highest BCUT2D eigenvalue weighted by Crippen LogP contribution is 2.24. The van der Waals surface area contributed by atoms with Crippen LogP contribution in [0.5, 0.6) is 0 Å². The molecule has 0 saturated carbocycles. The molecule has 0 saturated heterocycles. The first-order valence-electron chi connectivity index (χ1n) is 7.74. The molecule has 3 aromatic rings. The summed E-state index contributed by atoms with van der Waals surface area (Å²) in [6, 6.07) is 10.7. The Hall–Kier alpha value is -3.04. The van der Waals surface area contributed by atoms with Gasteiger partial charge in [-0.3, -0.25) is 4.79 Å². The van der Waals surface area contributed by atoms with Gasteiger partial charge in [0.2, 0.25) is 0 Å². The molecule has 0 fully saturated rings. The van der Waals surface area contributed by atoms with Gasteiger partial charge in [-0.05, 0) is 42.2 Å². The quantitative estimate of drug-likeness (QED) is 0.683.